The van der Waals surface area contributed by atoms with E-state index in [2.05, 4.69) is 6.07 Å². The van der Waals surface area contributed by atoms with Crippen molar-refractivity contribution in [2.45, 2.75) is 0 Å². The first kappa shape index (κ1) is 10.7. The van der Waals surface area contributed by atoms with Crippen LogP contribution in [0.2, 0.25) is 5.02 Å². The van der Waals surface area contributed by atoms with E-state index in [-0.39, 0.29) is 0 Å². The molecule has 0 bridgehead atoms. The van der Waals surface area contributed by atoms with Crippen molar-refractivity contribution < 1.29 is 15.1 Å². The molecule has 0 heterocycles. The van der Waals surface area contributed by atoms with Gasteiger partial charge in [0, 0.05) is 5.02 Å². The van der Waals surface area contributed by atoms with Crippen LogP contribution in [-0.2, 0) is 15.1 Å². The van der Waals surface area contributed by atoms with Crippen LogP contribution in [0.15, 0.2) is 24.3 Å². The Morgan fingerprint density at radius 3 is 1.80 bits per heavy atom. The molecule has 0 aliphatic rings. The summed E-state index contributed by atoms with van der Waals surface area (Å²) in [5.41, 5.74) is 0. The maximum absolute atomic E-state index is 5.52. The maximum atomic E-state index is 5.52. The van der Waals surface area contributed by atoms with Crippen molar-refractivity contribution in [3.8, 4) is 0 Å². The van der Waals surface area contributed by atoms with E-state index in [1.165, 1.54) is 0 Å². The first-order chi connectivity index (χ1) is 4.81. The van der Waals surface area contributed by atoms with Gasteiger partial charge in [0.2, 0.25) is 0 Å². The molecule has 0 amide bonds. The van der Waals surface area contributed by atoms with E-state index in [4.69, 9.17) is 31.0 Å². The monoisotopic (exact) mass is 245 g/mol. The van der Waals surface area contributed by atoms with Crippen LogP contribution in [0.25, 0.3) is 0 Å². The SMILES string of the molecule is Clc1cc[c]cc1.[Cl][Zn][Cl]. The zero-order valence-electron chi connectivity index (χ0n) is 5.15. The van der Waals surface area contributed by atoms with Gasteiger partial charge in [0.15, 0.2) is 0 Å². The third kappa shape index (κ3) is 6.83. The molecule has 0 aliphatic heterocycles. The third-order valence-electron chi connectivity index (χ3n) is 0.678. The Kier molecular flexibility index (Phi) is 8.37. The molecule has 0 nitrogen and oxygen atoms in total. The Morgan fingerprint density at radius 1 is 1.20 bits per heavy atom. The summed E-state index contributed by atoms with van der Waals surface area (Å²) in [4.78, 5) is 0. The van der Waals surface area contributed by atoms with Gasteiger partial charge in [0.1, 0.15) is 0 Å². The summed E-state index contributed by atoms with van der Waals surface area (Å²) >= 11 is 4.59. The van der Waals surface area contributed by atoms with Gasteiger partial charge in [-0.2, -0.15) is 0 Å². The second kappa shape index (κ2) is 7.82. The molecule has 1 aromatic rings. The molecule has 1 radical (unpaired) electrons. The van der Waals surface area contributed by atoms with Gasteiger partial charge in [-0.3, -0.25) is 0 Å². The minimum absolute atomic E-state index is 0.763. The summed E-state index contributed by atoms with van der Waals surface area (Å²) in [6, 6.07) is 10.00. The van der Waals surface area contributed by atoms with Gasteiger partial charge < -0.3 is 0 Å². The Morgan fingerprint density at radius 2 is 1.60 bits per heavy atom. The van der Waals surface area contributed by atoms with E-state index in [9.17, 15) is 0 Å². The topological polar surface area (TPSA) is 0 Å². The molecule has 4 heteroatoms. The van der Waals surface area contributed by atoms with Gasteiger partial charge in [-0.05, 0) is 18.2 Å². The van der Waals surface area contributed by atoms with Crippen LogP contribution in [0.5, 0.6) is 0 Å². The Bertz CT molecular complexity index is 154. The first-order valence-electron chi connectivity index (χ1n) is 2.54. The Hall–Kier alpha value is 0.713. The van der Waals surface area contributed by atoms with Crippen LogP contribution in [0.1, 0.15) is 0 Å². The van der Waals surface area contributed by atoms with Crippen molar-refractivity contribution in [2.24, 2.45) is 0 Å². The number of hydrogen-bond acceptors (Lipinski definition) is 0. The Labute approximate surface area is 81.2 Å². The zero-order chi connectivity index (χ0) is 7.82. The van der Waals surface area contributed by atoms with Crippen LogP contribution in [-0.4, -0.2) is 0 Å². The fourth-order valence-electron chi connectivity index (χ4n) is 0.367. The average Bonchev–Trinajstić information content (AvgIpc) is 1.91. The standard InChI is InChI=1S/C6H4Cl.2ClH.Zn/c7-6-4-2-1-3-5-6;;;/h2-5H;2*1H;/q;;;+2/p-2. The fourth-order valence-corrected chi connectivity index (χ4v) is 0.493. The normalized spacial score (nSPS) is 7.10. The van der Waals surface area contributed by atoms with Gasteiger partial charge >= 0.3 is 34.5 Å². The van der Waals surface area contributed by atoms with Crippen LogP contribution in [0.3, 0.4) is 0 Å². The molecular formula is C6H4Cl3Zn. The van der Waals surface area contributed by atoms with E-state index >= 15 is 0 Å². The summed E-state index contributed by atoms with van der Waals surface area (Å²) in [5, 5.41) is 0.763. The van der Waals surface area contributed by atoms with Crippen molar-refractivity contribution in [1.29, 1.82) is 0 Å². The fraction of sp³-hybridized carbons (Fsp3) is 0. The molecule has 0 unspecified atom stereocenters. The second-order valence-corrected chi connectivity index (χ2v) is 6.38. The van der Waals surface area contributed by atoms with Gasteiger partial charge in [-0.1, -0.05) is 23.7 Å². The summed E-state index contributed by atoms with van der Waals surface area (Å²) in [6.45, 7) is 0. The van der Waals surface area contributed by atoms with Crippen LogP contribution < -0.4 is 0 Å². The van der Waals surface area contributed by atoms with E-state index in [1.54, 1.807) is 24.3 Å². The molecule has 0 saturated carbocycles. The molecular weight excluding hydrogens is 244 g/mol. The van der Waals surface area contributed by atoms with Crippen molar-refractivity contribution in [3.63, 3.8) is 0 Å². The molecule has 0 fully saturated rings. The second-order valence-electron chi connectivity index (χ2n) is 1.32. The van der Waals surface area contributed by atoms with Gasteiger partial charge in [-0.15, -0.1) is 0 Å². The average molecular weight is 248 g/mol. The van der Waals surface area contributed by atoms with Crippen LogP contribution >= 0.6 is 31.0 Å². The molecule has 1 rings (SSSR count). The quantitative estimate of drug-likeness (QED) is 0.616. The summed E-state index contributed by atoms with van der Waals surface area (Å²) in [6.07, 6.45) is 0. The molecule has 0 N–H and O–H groups in total. The molecule has 0 atom stereocenters. The van der Waals surface area contributed by atoms with Crippen LogP contribution in [0, 0.1) is 6.07 Å². The summed E-state index contributed by atoms with van der Waals surface area (Å²) < 4.78 is 0. The van der Waals surface area contributed by atoms with Gasteiger partial charge in [-0.25, -0.2) is 0 Å². The third-order valence-corrected chi connectivity index (χ3v) is 0.930. The van der Waals surface area contributed by atoms with Crippen molar-refractivity contribution in [3.05, 3.63) is 35.4 Å². The van der Waals surface area contributed by atoms with E-state index < -0.39 is 15.1 Å². The molecule has 0 aliphatic carbocycles. The summed E-state index contributed by atoms with van der Waals surface area (Å²) in [7, 11) is 9.90. The number of hydrogen-bond donors (Lipinski definition) is 0. The predicted octanol–water partition coefficient (Wildman–Crippen LogP) is 3.52. The van der Waals surface area contributed by atoms with E-state index in [0.29, 0.717) is 0 Å². The number of rotatable bonds is 0. The molecule has 0 saturated heterocycles. The van der Waals surface area contributed by atoms with Gasteiger partial charge in [0.25, 0.3) is 0 Å². The number of halogens is 3. The predicted molar refractivity (Wildman–Crippen MR) is 42.0 cm³/mol. The van der Waals surface area contributed by atoms with Crippen molar-refractivity contribution >= 4 is 31.0 Å². The molecule has 1 aromatic carbocycles. The number of benzene rings is 1. The molecule has 0 spiro atoms. The summed E-state index contributed by atoms with van der Waals surface area (Å²) in [5.74, 6) is 0. The molecule has 51 valence electrons. The Balaban J connectivity index is 0.000000236. The first-order valence-corrected chi connectivity index (χ1v) is 10.7. The van der Waals surface area contributed by atoms with E-state index in [0.717, 1.165) is 5.02 Å². The van der Waals surface area contributed by atoms with Crippen LogP contribution in [0.4, 0.5) is 0 Å². The minimum atomic E-state index is -0.931. The van der Waals surface area contributed by atoms with E-state index in [1.807, 2.05) is 0 Å². The zero-order valence-corrected chi connectivity index (χ0v) is 10.4. The van der Waals surface area contributed by atoms with Crippen molar-refractivity contribution in [1.82, 2.24) is 0 Å². The van der Waals surface area contributed by atoms with Crippen molar-refractivity contribution in [2.75, 3.05) is 0 Å². The van der Waals surface area contributed by atoms with Gasteiger partial charge in [0.05, 0.1) is 0 Å². The molecule has 0 aromatic heterocycles. The molecule has 10 heavy (non-hydrogen) atoms.